The first-order valence-electron chi connectivity index (χ1n) is 8.73. The smallest absolute Gasteiger partial charge is 0.261 e. The van der Waals surface area contributed by atoms with Gasteiger partial charge in [-0.2, -0.15) is 0 Å². The number of amidine groups is 1. The molecule has 3 N–H and O–H groups in total. The van der Waals surface area contributed by atoms with Crippen LogP contribution < -0.4 is 11.1 Å². The number of nitrogens with zero attached hydrogens (tertiary/aromatic N) is 2. The van der Waals surface area contributed by atoms with Gasteiger partial charge in [0.05, 0.1) is 44.0 Å². The Morgan fingerprint density at radius 3 is 2.57 bits per heavy atom. The molecular formula is C18H19Cl2FN4O3S2. The van der Waals surface area contributed by atoms with Crippen LogP contribution in [0.15, 0.2) is 23.3 Å². The highest BCUT2D eigenvalue weighted by Crippen LogP contribution is 2.43. The van der Waals surface area contributed by atoms with Gasteiger partial charge in [-0.1, -0.05) is 23.2 Å². The molecule has 0 saturated carbocycles. The van der Waals surface area contributed by atoms with E-state index in [0.29, 0.717) is 10.6 Å². The van der Waals surface area contributed by atoms with Crippen molar-refractivity contribution in [1.29, 1.82) is 0 Å². The molecule has 0 aliphatic carbocycles. The SMILES string of the molecule is CC1(C)C(N)=N[C@](C)(c2sc(C(=O)NCc3ncc(F)cc3Cl)cc2Cl)CS1(=O)=O. The van der Waals surface area contributed by atoms with E-state index in [1.165, 1.54) is 19.9 Å². The molecule has 0 aromatic carbocycles. The van der Waals surface area contributed by atoms with Gasteiger partial charge in [0, 0.05) is 0 Å². The van der Waals surface area contributed by atoms with Crippen LogP contribution >= 0.6 is 34.5 Å². The van der Waals surface area contributed by atoms with Gasteiger partial charge < -0.3 is 11.1 Å². The van der Waals surface area contributed by atoms with E-state index in [1.54, 1.807) is 6.92 Å². The third-order valence-electron chi connectivity index (χ3n) is 4.93. The third kappa shape index (κ3) is 4.05. The maximum absolute atomic E-state index is 13.1. The molecule has 162 valence electrons. The lowest BCUT2D eigenvalue weighted by molar-refractivity contribution is 0.0954. The lowest BCUT2D eigenvalue weighted by Crippen LogP contribution is -2.54. The molecule has 1 aliphatic heterocycles. The molecule has 1 amide bonds. The highest BCUT2D eigenvalue weighted by molar-refractivity contribution is 7.93. The molecule has 0 radical (unpaired) electrons. The van der Waals surface area contributed by atoms with Crippen LogP contribution in [0.4, 0.5) is 4.39 Å². The Kier molecular flexibility index (Phi) is 5.92. The molecule has 12 heteroatoms. The zero-order valence-corrected chi connectivity index (χ0v) is 19.4. The average molecular weight is 493 g/mol. The number of thiophene rings is 1. The lowest BCUT2D eigenvalue weighted by atomic mass is 10.0. The van der Waals surface area contributed by atoms with Gasteiger partial charge in [-0.25, -0.2) is 12.8 Å². The summed E-state index contributed by atoms with van der Waals surface area (Å²) in [4.78, 5) is 21.5. The van der Waals surface area contributed by atoms with Crippen LogP contribution in [0.5, 0.6) is 0 Å². The summed E-state index contributed by atoms with van der Waals surface area (Å²) in [5.41, 5.74) is 5.06. The minimum absolute atomic E-state index is 0.0104. The molecule has 3 rings (SSSR count). The summed E-state index contributed by atoms with van der Waals surface area (Å²) >= 11 is 13.3. The van der Waals surface area contributed by atoms with Crippen LogP contribution in [0.3, 0.4) is 0 Å². The molecule has 2 aromatic rings. The van der Waals surface area contributed by atoms with Crippen molar-refractivity contribution in [2.45, 2.75) is 37.6 Å². The van der Waals surface area contributed by atoms with Gasteiger partial charge in [0.2, 0.25) is 0 Å². The number of halogens is 3. The number of sulfone groups is 1. The Morgan fingerprint density at radius 1 is 1.30 bits per heavy atom. The first kappa shape index (κ1) is 22.9. The van der Waals surface area contributed by atoms with Gasteiger partial charge in [-0.3, -0.25) is 14.8 Å². The molecule has 3 heterocycles. The van der Waals surface area contributed by atoms with Crippen LogP contribution in [0.25, 0.3) is 0 Å². The van der Waals surface area contributed by atoms with E-state index >= 15 is 0 Å². The van der Waals surface area contributed by atoms with E-state index in [0.717, 1.165) is 23.6 Å². The molecule has 0 spiro atoms. The summed E-state index contributed by atoms with van der Waals surface area (Å²) in [6.07, 6.45) is 1.00. The predicted octanol–water partition coefficient (Wildman–Crippen LogP) is 3.30. The topological polar surface area (TPSA) is 115 Å². The van der Waals surface area contributed by atoms with E-state index in [1.807, 2.05) is 0 Å². The van der Waals surface area contributed by atoms with Crippen LogP contribution in [0.2, 0.25) is 10.0 Å². The summed E-state index contributed by atoms with van der Waals surface area (Å²) in [5.74, 6) is -1.34. The fraction of sp³-hybridized carbons (Fsp3) is 0.389. The zero-order chi connectivity index (χ0) is 22.5. The van der Waals surface area contributed by atoms with E-state index in [4.69, 9.17) is 28.9 Å². The number of aromatic nitrogens is 1. The number of carbonyl (C=O) groups is 1. The molecular weight excluding hydrogens is 474 g/mol. The minimum atomic E-state index is -3.61. The molecule has 2 aromatic heterocycles. The molecule has 0 fully saturated rings. The predicted molar refractivity (Wildman–Crippen MR) is 117 cm³/mol. The number of pyridine rings is 1. The zero-order valence-electron chi connectivity index (χ0n) is 16.3. The molecule has 0 unspecified atom stereocenters. The molecule has 30 heavy (non-hydrogen) atoms. The van der Waals surface area contributed by atoms with Crippen LogP contribution in [-0.4, -0.2) is 35.6 Å². The van der Waals surface area contributed by atoms with E-state index in [2.05, 4.69) is 15.3 Å². The number of carbonyl (C=O) groups excluding carboxylic acids is 1. The number of rotatable bonds is 4. The van der Waals surface area contributed by atoms with Crippen molar-refractivity contribution in [3.63, 3.8) is 0 Å². The Hall–Kier alpha value is -1.75. The monoisotopic (exact) mass is 492 g/mol. The first-order valence-corrected chi connectivity index (χ1v) is 12.0. The summed E-state index contributed by atoms with van der Waals surface area (Å²) in [6.45, 7) is 4.61. The number of nitrogens with one attached hydrogen (secondary N) is 1. The Morgan fingerprint density at radius 2 is 1.97 bits per heavy atom. The highest BCUT2D eigenvalue weighted by Gasteiger charge is 2.50. The average Bonchev–Trinajstić information content (AvgIpc) is 3.01. The summed E-state index contributed by atoms with van der Waals surface area (Å²) in [7, 11) is -3.61. The molecule has 0 saturated heterocycles. The molecule has 1 aliphatic rings. The fourth-order valence-corrected chi connectivity index (χ4v) is 6.46. The first-order chi connectivity index (χ1) is 13.8. The molecule has 0 bridgehead atoms. The largest absolute Gasteiger partial charge is 0.386 e. The van der Waals surface area contributed by atoms with E-state index in [9.17, 15) is 17.6 Å². The summed E-state index contributed by atoms with van der Waals surface area (Å²) in [5, 5.41) is 2.94. The summed E-state index contributed by atoms with van der Waals surface area (Å²) in [6, 6.07) is 2.55. The van der Waals surface area contributed by atoms with Gasteiger partial charge in [0.1, 0.15) is 21.9 Å². The lowest BCUT2D eigenvalue weighted by Gasteiger charge is -2.37. The maximum Gasteiger partial charge on any atom is 0.261 e. The fourth-order valence-electron chi connectivity index (χ4n) is 2.93. The van der Waals surface area contributed by atoms with Crippen molar-refractivity contribution >= 4 is 56.1 Å². The van der Waals surface area contributed by atoms with E-state index in [-0.39, 0.29) is 33.1 Å². The van der Waals surface area contributed by atoms with Crippen molar-refractivity contribution in [3.8, 4) is 0 Å². The number of hydrogen-bond donors (Lipinski definition) is 2. The van der Waals surface area contributed by atoms with Crippen LogP contribution in [0.1, 0.15) is 41.0 Å². The van der Waals surface area contributed by atoms with Gasteiger partial charge in [-0.15, -0.1) is 11.3 Å². The Labute approximate surface area is 187 Å². The second-order valence-corrected chi connectivity index (χ2v) is 12.0. The number of nitrogens with two attached hydrogens (primary N) is 1. The van der Waals surface area contributed by atoms with Crippen LogP contribution in [0, 0.1) is 5.82 Å². The maximum atomic E-state index is 13.1. The highest BCUT2D eigenvalue weighted by atomic mass is 35.5. The number of hydrogen-bond acceptors (Lipinski definition) is 7. The number of aliphatic imine (C=N–C) groups is 1. The normalized spacial score (nSPS) is 22.4. The quantitative estimate of drug-likeness (QED) is 0.679. The van der Waals surface area contributed by atoms with Gasteiger partial charge in [0.15, 0.2) is 9.84 Å². The van der Waals surface area contributed by atoms with Crippen molar-refractivity contribution in [2.75, 3.05) is 5.75 Å². The second kappa shape index (κ2) is 7.74. The van der Waals surface area contributed by atoms with Crippen molar-refractivity contribution < 1.29 is 17.6 Å². The van der Waals surface area contributed by atoms with Gasteiger partial charge in [-0.05, 0) is 32.9 Å². The number of amides is 1. The molecule has 7 nitrogen and oxygen atoms in total. The Bertz CT molecular complexity index is 1160. The van der Waals surface area contributed by atoms with E-state index < -0.39 is 31.8 Å². The van der Waals surface area contributed by atoms with Gasteiger partial charge in [0.25, 0.3) is 5.91 Å². The third-order valence-corrected chi connectivity index (χ3v) is 9.76. The minimum Gasteiger partial charge on any atom is -0.386 e. The van der Waals surface area contributed by atoms with Crippen molar-refractivity contribution in [2.24, 2.45) is 10.7 Å². The second-order valence-electron chi connectivity index (χ2n) is 7.59. The van der Waals surface area contributed by atoms with Gasteiger partial charge >= 0.3 is 0 Å². The molecule has 1 atom stereocenters. The summed E-state index contributed by atoms with van der Waals surface area (Å²) < 4.78 is 37.3. The van der Waals surface area contributed by atoms with Crippen molar-refractivity contribution in [1.82, 2.24) is 10.3 Å². The van der Waals surface area contributed by atoms with Crippen LogP contribution in [-0.2, 0) is 21.9 Å². The Balaban J connectivity index is 1.86. The standard InChI is InChI=1S/C18H19Cl2FN4O3S2/c1-17(2)16(22)25-18(3,8-30(17,27)28)14-11(20)5-13(29-14)15(26)24-7-12-10(19)4-9(21)6-23-12/h4-6H,7-8H2,1-3H3,(H2,22,25)(H,24,26)/t18-/m0/s1. The van der Waals surface area contributed by atoms with Crippen molar-refractivity contribution in [3.05, 3.63) is 49.6 Å².